The molecule has 1 fully saturated rings. The average Bonchev–Trinajstić information content (AvgIpc) is 3.23. The lowest BCUT2D eigenvalue weighted by Crippen LogP contribution is -2.32. The minimum atomic E-state index is -0.501. The predicted octanol–water partition coefficient (Wildman–Crippen LogP) is 3.41. The fourth-order valence-electron chi connectivity index (χ4n) is 3.77. The summed E-state index contributed by atoms with van der Waals surface area (Å²) in [6.45, 7) is 1.68. The van der Waals surface area contributed by atoms with Crippen molar-refractivity contribution in [2.24, 2.45) is 0 Å². The number of hydrogen-bond donors (Lipinski definition) is 0. The van der Waals surface area contributed by atoms with Gasteiger partial charge in [-0.2, -0.15) is 0 Å². The van der Waals surface area contributed by atoms with Crippen LogP contribution < -0.4 is 14.4 Å². The van der Waals surface area contributed by atoms with E-state index in [4.69, 9.17) is 21.7 Å². The first kappa shape index (κ1) is 22.0. The van der Waals surface area contributed by atoms with Crippen molar-refractivity contribution in [1.82, 2.24) is 4.90 Å². The molecule has 0 bridgehead atoms. The summed E-state index contributed by atoms with van der Waals surface area (Å²) in [5.74, 6) is -0.000439. The van der Waals surface area contributed by atoms with E-state index < -0.39 is 11.8 Å². The van der Waals surface area contributed by atoms with E-state index in [0.29, 0.717) is 40.0 Å². The van der Waals surface area contributed by atoms with Gasteiger partial charge in [-0.25, -0.2) is 4.90 Å². The molecule has 2 aromatic rings. The van der Waals surface area contributed by atoms with Crippen molar-refractivity contribution in [2.45, 2.75) is 13.3 Å². The molecule has 9 heteroatoms. The van der Waals surface area contributed by atoms with Crippen LogP contribution in [0.3, 0.4) is 0 Å². The summed E-state index contributed by atoms with van der Waals surface area (Å²) in [4.78, 5) is 41.2. The van der Waals surface area contributed by atoms with Crippen LogP contribution in [0.4, 0.5) is 5.69 Å². The minimum absolute atomic E-state index is 0.224. The third-order valence-corrected chi connectivity index (χ3v) is 6.74. The van der Waals surface area contributed by atoms with Crippen molar-refractivity contribution >= 4 is 57.3 Å². The highest BCUT2D eigenvalue weighted by Gasteiger charge is 2.42. The molecule has 0 N–H and O–H groups in total. The summed E-state index contributed by atoms with van der Waals surface area (Å²) in [7, 11) is 3.14. The Hall–Kier alpha value is -3.17. The Morgan fingerprint density at radius 3 is 2.44 bits per heavy atom. The quantitative estimate of drug-likeness (QED) is 0.492. The molecular weight excluding hydrogens is 448 g/mol. The predicted molar refractivity (Wildman–Crippen MR) is 127 cm³/mol. The maximum atomic E-state index is 13.2. The zero-order valence-electron chi connectivity index (χ0n) is 17.7. The van der Waals surface area contributed by atoms with Crippen LogP contribution >= 0.6 is 24.0 Å². The second-order valence-corrected chi connectivity index (χ2v) is 8.79. The van der Waals surface area contributed by atoms with E-state index in [2.05, 4.69) is 0 Å². The Morgan fingerprint density at radius 1 is 1.03 bits per heavy atom. The molecule has 0 atom stereocenters. The monoisotopic (exact) mass is 468 g/mol. The zero-order chi connectivity index (χ0) is 23.0. The van der Waals surface area contributed by atoms with Crippen molar-refractivity contribution in [3.05, 3.63) is 58.5 Å². The number of carbonyl (C=O) groups is 3. The van der Waals surface area contributed by atoms with Crippen molar-refractivity contribution < 1.29 is 23.9 Å². The normalized spacial score (nSPS) is 17.8. The fraction of sp³-hybridized carbons (Fsp3) is 0.217. The SMILES string of the molecule is COc1ccc(CCN2C(=O)/C(=C3/C(=O)N(C(C)=O)c4ccccc43)SC2=S)cc1OC. The number of methoxy groups -OCH3 is 2. The molecule has 2 aliphatic heterocycles. The fourth-order valence-corrected chi connectivity index (χ4v) is 5.15. The molecular formula is C23H20N2O5S2. The van der Waals surface area contributed by atoms with Crippen molar-refractivity contribution in [2.75, 3.05) is 25.7 Å². The molecule has 1 saturated heterocycles. The molecule has 4 rings (SSSR count). The third-order valence-electron chi connectivity index (χ3n) is 5.29. The molecule has 0 saturated carbocycles. The van der Waals surface area contributed by atoms with E-state index in [-0.39, 0.29) is 16.4 Å². The Bertz CT molecular complexity index is 1190. The van der Waals surface area contributed by atoms with Crippen LogP contribution in [0.25, 0.3) is 5.57 Å². The number of rotatable bonds is 5. The molecule has 0 radical (unpaired) electrons. The van der Waals surface area contributed by atoms with Crippen LogP contribution in [-0.2, 0) is 20.8 Å². The average molecular weight is 469 g/mol. The summed E-state index contributed by atoms with van der Waals surface area (Å²) in [6.07, 6.45) is 0.541. The van der Waals surface area contributed by atoms with E-state index in [9.17, 15) is 14.4 Å². The molecule has 3 amide bonds. The van der Waals surface area contributed by atoms with E-state index in [0.717, 1.165) is 22.2 Å². The standard InChI is InChI=1S/C23H20N2O5S2/c1-13(26)25-16-7-5-4-6-15(16)19(21(25)27)20-22(28)24(23(31)32-20)11-10-14-8-9-17(29-2)18(12-14)30-3/h4-9,12H,10-11H2,1-3H3/b20-19-. The number of para-hydroxylation sites is 1. The highest BCUT2D eigenvalue weighted by molar-refractivity contribution is 8.26. The summed E-state index contributed by atoms with van der Waals surface area (Å²) >= 11 is 6.54. The molecule has 164 valence electrons. The molecule has 0 unspecified atom stereocenters. The van der Waals surface area contributed by atoms with E-state index >= 15 is 0 Å². The maximum Gasteiger partial charge on any atom is 0.267 e. The first-order valence-corrected chi connectivity index (χ1v) is 11.0. The van der Waals surface area contributed by atoms with Crippen molar-refractivity contribution in [1.29, 1.82) is 0 Å². The van der Waals surface area contributed by atoms with Gasteiger partial charge >= 0.3 is 0 Å². The number of ether oxygens (including phenoxy) is 2. The molecule has 2 aliphatic rings. The lowest BCUT2D eigenvalue weighted by atomic mass is 10.1. The van der Waals surface area contributed by atoms with Crippen LogP contribution in [0, 0.1) is 0 Å². The highest BCUT2D eigenvalue weighted by Crippen LogP contribution is 2.44. The lowest BCUT2D eigenvalue weighted by Gasteiger charge is -2.15. The molecule has 32 heavy (non-hydrogen) atoms. The largest absolute Gasteiger partial charge is 0.493 e. The Labute approximate surface area is 195 Å². The number of carbonyl (C=O) groups excluding carboxylic acids is 3. The molecule has 0 spiro atoms. The number of hydrogen-bond acceptors (Lipinski definition) is 7. The molecule has 2 aromatic carbocycles. The lowest BCUT2D eigenvalue weighted by molar-refractivity contribution is -0.124. The minimum Gasteiger partial charge on any atom is -0.493 e. The number of amides is 3. The number of imide groups is 1. The van der Waals surface area contributed by atoms with E-state index in [1.807, 2.05) is 18.2 Å². The summed E-state index contributed by atoms with van der Waals surface area (Å²) < 4.78 is 11.0. The van der Waals surface area contributed by atoms with Gasteiger partial charge in [-0.05, 0) is 30.2 Å². The second-order valence-electron chi connectivity index (χ2n) is 7.14. The second kappa shape index (κ2) is 8.76. The summed E-state index contributed by atoms with van der Waals surface area (Å²) in [5, 5.41) is 0. The smallest absolute Gasteiger partial charge is 0.267 e. The number of anilines is 1. The van der Waals surface area contributed by atoms with Crippen LogP contribution in [0.5, 0.6) is 11.5 Å². The number of thioether (sulfide) groups is 1. The van der Waals surface area contributed by atoms with Gasteiger partial charge in [0.2, 0.25) is 5.91 Å². The number of nitrogens with zero attached hydrogens (tertiary/aromatic N) is 2. The first-order chi connectivity index (χ1) is 15.4. The third kappa shape index (κ3) is 3.67. The van der Waals surface area contributed by atoms with Crippen LogP contribution in [0.15, 0.2) is 47.4 Å². The number of benzene rings is 2. The maximum absolute atomic E-state index is 13.2. The van der Waals surface area contributed by atoms with E-state index in [1.165, 1.54) is 11.8 Å². The van der Waals surface area contributed by atoms with Gasteiger partial charge in [-0.15, -0.1) is 0 Å². The van der Waals surface area contributed by atoms with Crippen molar-refractivity contribution in [3.8, 4) is 11.5 Å². The Morgan fingerprint density at radius 2 is 1.75 bits per heavy atom. The van der Waals surface area contributed by atoms with Gasteiger partial charge in [0.05, 0.1) is 30.4 Å². The van der Waals surface area contributed by atoms with E-state index in [1.54, 1.807) is 38.5 Å². The molecule has 2 heterocycles. The summed E-state index contributed by atoms with van der Waals surface area (Å²) in [6, 6.07) is 12.5. The van der Waals surface area contributed by atoms with Gasteiger partial charge < -0.3 is 9.47 Å². The van der Waals surface area contributed by atoms with Gasteiger partial charge in [-0.1, -0.05) is 48.2 Å². The zero-order valence-corrected chi connectivity index (χ0v) is 19.3. The van der Waals surface area contributed by atoms with Gasteiger partial charge in [0.1, 0.15) is 4.32 Å². The summed E-state index contributed by atoms with van der Waals surface area (Å²) in [5.41, 5.74) is 2.22. The van der Waals surface area contributed by atoms with Gasteiger partial charge in [-0.3, -0.25) is 19.3 Å². The van der Waals surface area contributed by atoms with Crippen LogP contribution in [0.1, 0.15) is 18.1 Å². The number of thiocarbonyl (C=S) groups is 1. The molecule has 0 aliphatic carbocycles. The molecule has 0 aromatic heterocycles. The van der Waals surface area contributed by atoms with Crippen LogP contribution in [-0.4, -0.2) is 47.7 Å². The van der Waals surface area contributed by atoms with Crippen LogP contribution in [0.2, 0.25) is 0 Å². The van der Waals surface area contributed by atoms with Crippen molar-refractivity contribution in [3.63, 3.8) is 0 Å². The van der Waals surface area contributed by atoms with Gasteiger partial charge in [0.15, 0.2) is 11.5 Å². The number of fused-ring (bicyclic) bond motifs is 1. The highest BCUT2D eigenvalue weighted by atomic mass is 32.2. The molecule has 7 nitrogen and oxygen atoms in total. The van der Waals surface area contributed by atoms with Gasteiger partial charge in [0.25, 0.3) is 11.8 Å². The van der Waals surface area contributed by atoms with Gasteiger partial charge in [0, 0.05) is 19.0 Å². The Kier molecular flexibility index (Phi) is 6.03. The Balaban J connectivity index is 1.62. The topological polar surface area (TPSA) is 76.2 Å². The first-order valence-electron chi connectivity index (χ1n) is 9.80.